The van der Waals surface area contributed by atoms with Crippen LogP contribution in [0.2, 0.25) is 0 Å². The van der Waals surface area contributed by atoms with Crippen molar-refractivity contribution >= 4 is 11.0 Å². The van der Waals surface area contributed by atoms with E-state index in [4.69, 9.17) is 5.73 Å². The van der Waals surface area contributed by atoms with Gasteiger partial charge in [-0.15, -0.1) is 0 Å². The third-order valence-electron chi connectivity index (χ3n) is 3.73. The van der Waals surface area contributed by atoms with E-state index < -0.39 is 0 Å². The number of benzene rings is 1. The zero-order valence-corrected chi connectivity index (χ0v) is 9.61. The molecule has 0 saturated heterocycles. The van der Waals surface area contributed by atoms with E-state index in [2.05, 4.69) is 34.7 Å². The molecular formula is C13H17N3. The number of hydrogen-bond donors (Lipinski definition) is 1. The molecule has 3 heteroatoms. The standard InChI is InChI=1S/C13H17N3/c1-10-15-11-4-2-3-5-12(11)16(10)9-13(8-14)6-7-13/h2-5H,6-9,14H2,1H3. The van der Waals surface area contributed by atoms with Crippen LogP contribution in [0.3, 0.4) is 0 Å². The molecule has 1 heterocycles. The minimum atomic E-state index is 0.355. The van der Waals surface area contributed by atoms with Crippen molar-refractivity contribution in [1.82, 2.24) is 9.55 Å². The lowest BCUT2D eigenvalue weighted by Gasteiger charge is -2.15. The second-order valence-corrected chi connectivity index (χ2v) is 4.94. The van der Waals surface area contributed by atoms with Crippen LogP contribution in [-0.2, 0) is 6.54 Å². The third kappa shape index (κ3) is 1.43. The van der Waals surface area contributed by atoms with E-state index in [1.807, 2.05) is 6.07 Å². The predicted molar refractivity (Wildman–Crippen MR) is 65.2 cm³/mol. The Hall–Kier alpha value is -1.35. The SMILES string of the molecule is Cc1nc2ccccc2n1CC1(CN)CC1. The summed E-state index contributed by atoms with van der Waals surface area (Å²) >= 11 is 0. The molecule has 0 amide bonds. The first-order valence-electron chi connectivity index (χ1n) is 5.86. The van der Waals surface area contributed by atoms with Gasteiger partial charge in [-0.3, -0.25) is 0 Å². The first-order chi connectivity index (χ1) is 7.74. The van der Waals surface area contributed by atoms with Crippen LogP contribution in [-0.4, -0.2) is 16.1 Å². The number of nitrogens with zero attached hydrogens (tertiary/aromatic N) is 2. The topological polar surface area (TPSA) is 43.8 Å². The van der Waals surface area contributed by atoms with Gasteiger partial charge in [0.2, 0.25) is 0 Å². The fraction of sp³-hybridized carbons (Fsp3) is 0.462. The molecule has 16 heavy (non-hydrogen) atoms. The molecule has 3 nitrogen and oxygen atoms in total. The Balaban J connectivity index is 2.05. The van der Waals surface area contributed by atoms with E-state index in [1.165, 1.54) is 18.4 Å². The maximum absolute atomic E-state index is 5.85. The van der Waals surface area contributed by atoms with E-state index in [-0.39, 0.29) is 0 Å². The van der Waals surface area contributed by atoms with E-state index in [0.29, 0.717) is 5.41 Å². The molecule has 0 atom stereocenters. The monoisotopic (exact) mass is 215 g/mol. The number of rotatable bonds is 3. The molecule has 1 aromatic heterocycles. The van der Waals surface area contributed by atoms with Crippen LogP contribution < -0.4 is 5.73 Å². The molecule has 1 saturated carbocycles. The van der Waals surface area contributed by atoms with Crippen LogP contribution in [0.25, 0.3) is 11.0 Å². The van der Waals surface area contributed by atoms with Crippen molar-refractivity contribution in [2.45, 2.75) is 26.3 Å². The van der Waals surface area contributed by atoms with Gasteiger partial charge in [0, 0.05) is 12.0 Å². The summed E-state index contributed by atoms with van der Waals surface area (Å²) in [5.74, 6) is 1.10. The van der Waals surface area contributed by atoms with Crippen molar-refractivity contribution in [3.8, 4) is 0 Å². The van der Waals surface area contributed by atoms with Crippen LogP contribution in [0.15, 0.2) is 24.3 Å². The molecule has 0 spiro atoms. The van der Waals surface area contributed by atoms with Gasteiger partial charge in [0.15, 0.2) is 0 Å². The smallest absolute Gasteiger partial charge is 0.106 e. The average molecular weight is 215 g/mol. The molecule has 1 aliphatic rings. The fourth-order valence-electron chi connectivity index (χ4n) is 2.33. The van der Waals surface area contributed by atoms with E-state index >= 15 is 0 Å². The predicted octanol–water partition coefficient (Wildman–Crippen LogP) is 2.08. The highest BCUT2D eigenvalue weighted by molar-refractivity contribution is 5.75. The lowest BCUT2D eigenvalue weighted by molar-refractivity contribution is 0.435. The van der Waals surface area contributed by atoms with Crippen molar-refractivity contribution in [3.63, 3.8) is 0 Å². The molecule has 2 N–H and O–H groups in total. The van der Waals surface area contributed by atoms with Gasteiger partial charge in [-0.05, 0) is 38.4 Å². The molecule has 1 fully saturated rings. The third-order valence-corrected chi connectivity index (χ3v) is 3.73. The first kappa shape index (κ1) is 9.85. The largest absolute Gasteiger partial charge is 0.330 e. The minimum absolute atomic E-state index is 0.355. The molecule has 0 aliphatic heterocycles. The zero-order valence-electron chi connectivity index (χ0n) is 9.61. The highest BCUT2D eigenvalue weighted by Crippen LogP contribution is 2.46. The number of imidazole rings is 1. The Bertz CT molecular complexity index is 523. The molecule has 1 aromatic carbocycles. The summed E-state index contributed by atoms with van der Waals surface area (Å²) in [6.07, 6.45) is 2.52. The van der Waals surface area contributed by atoms with Crippen LogP contribution in [0.5, 0.6) is 0 Å². The Morgan fingerprint density at radius 1 is 1.38 bits per heavy atom. The van der Waals surface area contributed by atoms with Gasteiger partial charge < -0.3 is 10.3 Å². The quantitative estimate of drug-likeness (QED) is 0.852. The average Bonchev–Trinajstić information content (AvgIpc) is 3.01. The number of aryl methyl sites for hydroxylation is 1. The second-order valence-electron chi connectivity index (χ2n) is 4.94. The summed E-state index contributed by atoms with van der Waals surface area (Å²) < 4.78 is 2.31. The Labute approximate surface area is 95.3 Å². The molecule has 0 bridgehead atoms. The summed E-state index contributed by atoms with van der Waals surface area (Å²) in [6.45, 7) is 3.89. The molecule has 1 aliphatic carbocycles. The highest BCUT2D eigenvalue weighted by Gasteiger charge is 2.41. The van der Waals surface area contributed by atoms with Crippen molar-refractivity contribution in [3.05, 3.63) is 30.1 Å². The lowest BCUT2D eigenvalue weighted by atomic mass is 10.1. The Morgan fingerprint density at radius 2 is 2.12 bits per heavy atom. The van der Waals surface area contributed by atoms with E-state index in [9.17, 15) is 0 Å². The lowest BCUT2D eigenvalue weighted by Crippen LogP contribution is -2.22. The maximum Gasteiger partial charge on any atom is 0.106 e. The molecule has 84 valence electrons. The van der Waals surface area contributed by atoms with Gasteiger partial charge in [0.1, 0.15) is 5.82 Å². The van der Waals surface area contributed by atoms with Gasteiger partial charge in [0.05, 0.1) is 11.0 Å². The highest BCUT2D eigenvalue weighted by atomic mass is 15.1. The van der Waals surface area contributed by atoms with Crippen molar-refractivity contribution in [2.75, 3.05) is 6.54 Å². The van der Waals surface area contributed by atoms with Crippen molar-refractivity contribution in [1.29, 1.82) is 0 Å². The van der Waals surface area contributed by atoms with Crippen LogP contribution in [0, 0.1) is 12.3 Å². The summed E-state index contributed by atoms with van der Waals surface area (Å²) in [7, 11) is 0. The van der Waals surface area contributed by atoms with Gasteiger partial charge >= 0.3 is 0 Å². The van der Waals surface area contributed by atoms with Gasteiger partial charge in [0.25, 0.3) is 0 Å². The Morgan fingerprint density at radius 3 is 2.81 bits per heavy atom. The number of para-hydroxylation sites is 2. The molecule has 3 rings (SSSR count). The summed E-state index contributed by atoms with van der Waals surface area (Å²) in [5, 5.41) is 0. The molecule has 0 radical (unpaired) electrons. The summed E-state index contributed by atoms with van der Waals surface area (Å²) in [6, 6.07) is 8.32. The Kier molecular flexibility index (Phi) is 2.04. The molecular weight excluding hydrogens is 198 g/mol. The van der Waals surface area contributed by atoms with Gasteiger partial charge in [-0.2, -0.15) is 0 Å². The summed E-state index contributed by atoms with van der Waals surface area (Å²) in [4.78, 5) is 4.58. The first-order valence-corrected chi connectivity index (χ1v) is 5.86. The van der Waals surface area contributed by atoms with Crippen LogP contribution >= 0.6 is 0 Å². The fourth-order valence-corrected chi connectivity index (χ4v) is 2.33. The zero-order chi connectivity index (χ0) is 11.2. The number of hydrogen-bond acceptors (Lipinski definition) is 2. The normalized spacial score (nSPS) is 17.9. The van der Waals surface area contributed by atoms with Crippen molar-refractivity contribution in [2.24, 2.45) is 11.1 Å². The summed E-state index contributed by atoms with van der Waals surface area (Å²) in [5.41, 5.74) is 8.53. The van der Waals surface area contributed by atoms with Gasteiger partial charge in [-0.1, -0.05) is 12.1 Å². The maximum atomic E-state index is 5.85. The van der Waals surface area contributed by atoms with Crippen molar-refractivity contribution < 1.29 is 0 Å². The molecule has 2 aromatic rings. The van der Waals surface area contributed by atoms with Gasteiger partial charge in [-0.25, -0.2) is 4.98 Å². The van der Waals surface area contributed by atoms with Crippen LogP contribution in [0.1, 0.15) is 18.7 Å². The minimum Gasteiger partial charge on any atom is -0.330 e. The van der Waals surface area contributed by atoms with E-state index in [0.717, 1.165) is 24.4 Å². The number of nitrogens with two attached hydrogens (primary N) is 1. The number of aromatic nitrogens is 2. The molecule has 0 unspecified atom stereocenters. The van der Waals surface area contributed by atoms with Crippen LogP contribution in [0.4, 0.5) is 0 Å². The second kappa shape index (κ2) is 3.32. The number of fused-ring (bicyclic) bond motifs is 1. The van der Waals surface area contributed by atoms with E-state index in [1.54, 1.807) is 0 Å².